The van der Waals surface area contributed by atoms with Crippen LogP contribution in [0.15, 0.2) is 42.0 Å². The van der Waals surface area contributed by atoms with Gasteiger partial charge in [0, 0.05) is 6.08 Å². The first kappa shape index (κ1) is 17.0. The number of benzene rings is 1. The van der Waals surface area contributed by atoms with Crippen LogP contribution in [0.3, 0.4) is 0 Å². The lowest BCUT2D eigenvalue weighted by Crippen LogP contribution is -1.94. The van der Waals surface area contributed by atoms with Crippen molar-refractivity contribution in [3.63, 3.8) is 0 Å². The molecule has 114 valence electrons. The topological polar surface area (TPSA) is 35.5 Å². The highest BCUT2D eigenvalue weighted by Crippen LogP contribution is 2.18. The third kappa shape index (κ3) is 6.80. The molecule has 0 spiro atoms. The standard InChI is InChI=1S/C18H24O3/c1-4-5-6-7-15(10-13-18(19)21-3)14-16-8-11-17(20-2)12-9-16/h8-14H,4-7H2,1-3H3. The Morgan fingerprint density at radius 3 is 2.38 bits per heavy atom. The van der Waals surface area contributed by atoms with Crippen molar-refractivity contribution >= 4 is 12.0 Å². The largest absolute Gasteiger partial charge is 0.497 e. The van der Waals surface area contributed by atoms with E-state index in [4.69, 9.17) is 4.74 Å². The van der Waals surface area contributed by atoms with Gasteiger partial charge in [0.15, 0.2) is 0 Å². The van der Waals surface area contributed by atoms with Crippen LogP contribution in [-0.2, 0) is 9.53 Å². The first-order chi connectivity index (χ1) is 10.2. The van der Waals surface area contributed by atoms with Gasteiger partial charge in [-0.2, -0.15) is 0 Å². The Balaban J connectivity index is 2.83. The molecule has 0 atom stereocenters. The van der Waals surface area contributed by atoms with Gasteiger partial charge in [-0.3, -0.25) is 0 Å². The number of carbonyl (C=O) groups is 1. The van der Waals surface area contributed by atoms with E-state index in [0.717, 1.165) is 29.7 Å². The van der Waals surface area contributed by atoms with Gasteiger partial charge in [-0.25, -0.2) is 4.79 Å². The summed E-state index contributed by atoms with van der Waals surface area (Å²) in [5.74, 6) is 0.510. The van der Waals surface area contributed by atoms with E-state index in [9.17, 15) is 4.79 Å². The van der Waals surface area contributed by atoms with Crippen LogP contribution in [0.1, 0.15) is 38.2 Å². The summed E-state index contributed by atoms with van der Waals surface area (Å²) in [6.45, 7) is 2.18. The van der Waals surface area contributed by atoms with Crippen LogP contribution in [-0.4, -0.2) is 20.2 Å². The molecule has 1 rings (SSSR count). The van der Waals surface area contributed by atoms with Crippen molar-refractivity contribution in [3.8, 4) is 5.75 Å². The summed E-state index contributed by atoms with van der Waals surface area (Å²) in [6.07, 6.45) is 9.83. The third-order valence-electron chi connectivity index (χ3n) is 3.17. The molecule has 0 unspecified atom stereocenters. The number of hydrogen-bond acceptors (Lipinski definition) is 3. The molecule has 3 heteroatoms. The number of hydrogen-bond donors (Lipinski definition) is 0. The van der Waals surface area contributed by atoms with E-state index in [-0.39, 0.29) is 5.97 Å². The van der Waals surface area contributed by atoms with Crippen LogP contribution >= 0.6 is 0 Å². The van der Waals surface area contributed by atoms with Gasteiger partial charge in [0.1, 0.15) is 5.75 Å². The van der Waals surface area contributed by atoms with Crippen molar-refractivity contribution in [1.29, 1.82) is 0 Å². The van der Waals surface area contributed by atoms with Crippen LogP contribution in [0, 0.1) is 0 Å². The normalized spacial score (nSPS) is 11.7. The fraction of sp³-hybridized carbons (Fsp3) is 0.389. The van der Waals surface area contributed by atoms with Crippen molar-refractivity contribution in [1.82, 2.24) is 0 Å². The number of ether oxygens (including phenoxy) is 2. The second-order valence-electron chi connectivity index (χ2n) is 4.81. The highest BCUT2D eigenvalue weighted by molar-refractivity contribution is 5.82. The van der Waals surface area contributed by atoms with Crippen LogP contribution in [0.2, 0.25) is 0 Å². The zero-order valence-corrected chi connectivity index (χ0v) is 13.1. The summed E-state index contributed by atoms with van der Waals surface area (Å²) in [6, 6.07) is 7.87. The van der Waals surface area contributed by atoms with Gasteiger partial charge in [-0.1, -0.05) is 44.1 Å². The van der Waals surface area contributed by atoms with Gasteiger partial charge in [-0.05, 0) is 36.1 Å². The molecular weight excluding hydrogens is 264 g/mol. The Labute approximate surface area is 127 Å². The zero-order valence-electron chi connectivity index (χ0n) is 13.1. The molecule has 0 aromatic heterocycles. The van der Waals surface area contributed by atoms with Gasteiger partial charge < -0.3 is 9.47 Å². The smallest absolute Gasteiger partial charge is 0.330 e. The van der Waals surface area contributed by atoms with E-state index in [1.807, 2.05) is 30.3 Å². The van der Waals surface area contributed by atoms with Gasteiger partial charge >= 0.3 is 5.97 Å². The van der Waals surface area contributed by atoms with Crippen molar-refractivity contribution in [2.75, 3.05) is 14.2 Å². The summed E-state index contributed by atoms with van der Waals surface area (Å²) in [5, 5.41) is 0. The van der Waals surface area contributed by atoms with Crippen LogP contribution in [0.5, 0.6) is 5.75 Å². The molecule has 0 N–H and O–H groups in total. The number of methoxy groups -OCH3 is 2. The Hall–Kier alpha value is -2.03. The maximum atomic E-state index is 11.2. The highest BCUT2D eigenvalue weighted by Gasteiger charge is 1.98. The lowest BCUT2D eigenvalue weighted by Gasteiger charge is -2.04. The van der Waals surface area contributed by atoms with E-state index >= 15 is 0 Å². The van der Waals surface area contributed by atoms with E-state index < -0.39 is 0 Å². The Morgan fingerprint density at radius 2 is 1.81 bits per heavy atom. The first-order valence-electron chi connectivity index (χ1n) is 7.30. The number of esters is 1. The maximum absolute atomic E-state index is 11.2. The lowest BCUT2D eigenvalue weighted by atomic mass is 10.0. The van der Waals surface area contributed by atoms with Gasteiger partial charge in [0.2, 0.25) is 0 Å². The maximum Gasteiger partial charge on any atom is 0.330 e. The monoisotopic (exact) mass is 288 g/mol. The van der Waals surface area contributed by atoms with Crippen molar-refractivity contribution in [3.05, 3.63) is 47.6 Å². The number of unbranched alkanes of at least 4 members (excludes halogenated alkanes) is 2. The van der Waals surface area contributed by atoms with Gasteiger partial charge in [0.05, 0.1) is 14.2 Å². The quantitative estimate of drug-likeness (QED) is 0.308. The molecule has 21 heavy (non-hydrogen) atoms. The molecule has 3 nitrogen and oxygen atoms in total. The molecule has 0 radical (unpaired) electrons. The second-order valence-corrected chi connectivity index (χ2v) is 4.81. The Morgan fingerprint density at radius 1 is 1.10 bits per heavy atom. The fourth-order valence-electron chi connectivity index (χ4n) is 1.94. The molecule has 0 bridgehead atoms. The average molecular weight is 288 g/mol. The molecule has 0 amide bonds. The molecule has 0 saturated carbocycles. The molecular formula is C18H24O3. The SMILES string of the molecule is CCCCCC(C=CC(=O)OC)=Cc1ccc(OC)cc1. The zero-order chi connectivity index (χ0) is 15.5. The number of allylic oxidation sites excluding steroid dienone is 2. The second kappa shape index (κ2) is 9.81. The first-order valence-corrected chi connectivity index (χ1v) is 7.30. The molecule has 0 aliphatic rings. The molecule has 0 saturated heterocycles. The molecule has 0 aliphatic carbocycles. The van der Waals surface area contributed by atoms with E-state index in [1.165, 1.54) is 26.0 Å². The van der Waals surface area contributed by atoms with Crippen molar-refractivity contribution in [2.24, 2.45) is 0 Å². The molecule has 0 fully saturated rings. The predicted octanol–water partition coefficient (Wildman–Crippen LogP) is 4.39. The van der Waals surface area contributed by atoms with Gasteiger partial charge in [0.25, 0.3) is 0 Å². The Bertz CT molecular complexity index is 484. The predicted molar refractivity (Wildman–Crippen MR) is 86.3 cm³/mol. The minimum atomic E-state index is -0.328. The molecule has 1 aromatic rings. The third-order valence-corrected chi connectivity index (χ3v) is 3.17. The summed E-state index contributed by atoms with van der Waals surface area (Å²) >= 11 is 0. The average Bonchev–Trinajstić information content (AvgIpc) is 2.53. The van der Waals surface area contributed by atoms with Crippen molar-refractivity contribution in [2.45, 2.75) is 32.6 Å². The molecule has 1 aromatic carbocycles. The molecule has 0 aliphatic heterocycles. The van der Waals surface area contributed by atoms with Crippen LogP contribution < -0.4 is 4.74 Å². The minimum absolute atomic E-state index is 0.328. The Kier molecular flexibility index (Phi) is 7.95. The van der Waals surface area contributed by atoms with E-state index in [0.29, 0.717) is 0 Å². The van der Waals surface area contributed by atoms with Crippen LogP contribution in [0.25, 0.3) is 6.08 Å². The minimum Gasteiger partial charge on any atom is -0.497 e. The summed E-state index contributed by atoms with van der Waals surface area (Å²) in [7, 11) is 3.04. The number of carbonyl (C=O) groups excluding carboxylic acids is 1. The highest BCUT2D eigenvalue weighted by atomic mass is 16.5. The van der Waals surface area contributed by atoms with Gasteiger partial charge in [-0.15, -0.1) is 0 Å². The fourth-order valence-corrected chi connectivity index (χ4v) is 1.94. The lowest BCUT2D eigenvalue weighted by molar-refractivity contribution is -0.134. The summed E-state index contributed by atoms with van der Waals surface area (Å²) < 4.78 is 9.79. The number of rotatable bonds is 8. The van der Waals surface area contributed by atoms with Crippen LogP contribution in [0.4, 0.5) is 0 Å². The summed E-state index contributed by atoms with van der Waals surface area (Å²) in [5.41, 5.74) is 2.22. The van der Waals surface area contributed by atoms with E-state index in [1.54, 1.807) is 7.11 Å². The van der Waals surface area contributed by atoms with Crippen molar-refractivity contribution < 1.29 is 14.3 Å². The van der Waals surface area contributed by atoms with E-state index in [2.05, 4.69) is 17.7 Å². The molecule has 0 heterocycles. The summed E-state index contributed by atoms with van der Waals surface area (Å²) in [4.78, 5) is 11.2.